The lowest BCUT2D eigenvalue weighted by atomic mass is 10.0. The number of hydrogen-bond donors (Lipinski definition) is 1. The van der Waals surface area contributed by atoms with Gasteiger partial charge in [0.25, 0.3) is 5.91 Å². The molecule has 0 aromatic heterocycles. The van der Waals surface area contributed by atoms with Crippen molar-refractivity contribution in [2.24, 2.45) is 0 Å². The third-order valence-corrected chi connectivity index (χ3v) is 9.47. The number of esters is 1. The summed E-state index contributed by atoms with van der Waals surface area (Å²) >= 11 is 0. The van der Waals surface area contributed by atoms with Crippen molar-refractivity contribution < 1.29 is 23.8 Å². The highest BCUT2D eigenvalue weighted by Crippen LogP contribution is 2.35. The molecular formula is C46H48N2O5. The first-order valence-corrected chi connectivity index (χ1v) is 18.3. The van der Waals surface area contributed by atoms with E-state index in [1.807, 2.05) is 128 Å². The summed E-state index contributed by atoms with van der Waals surface area (Å²) in [5.41, 5.74) is 6.79. The summed E-state index contributed by atoms with van der Waals surface area (Å²) in [6, 6.07) is 40.6. The zero-order valence-electron chi connectivity index (χ0n) is 30.6. The van der Waals surface area contributed by atoms with Crippen LogP contribution in [0.2, 0.25) is 0 Å². The van der Waals surface area contributed by atoms with Gasteiger partial charge >= 0.3 is 5.97 Å². The quantitative estimate of drug-likeness (QED) is 0.103. The second-order valence-corrected chi connectivity index (χ2v) is 13.7. The largest absolute Gasteiger partial charge is 0.488 e. The van der Waals surface area contributed by atoms with Gasteiger partial charge in [0.2, 0.25) is 0 Å². The topological polar surface area (TPSA) is 77.1 Å². The average molecular weight is 709 g/mol. The molecule has 0 heterocycles. The zero-order valence-corrected chi connectivity index (χ0v) is 30.6. The Morgan fingerprint density at radius 1 is 0.717 bits per heavy atom. The number of nitrogens with zero attached hydrogens (tertiary/aromatic N) is 1. The maximum Gasteiger partial charge on any atom is 0.328 e. The van der Waals surface area contributed by atoms with Gasteiger partial charge in [0, 0.05) is 31.8 Å². The van der Waals surface area contributed by atoms with Crippen LogP contribution in [0.15, 0.2) is 134 Å². The number of carbonyl (C=O) groups excluding carboxylic acids is 2. The lowest BCUT2D eigenvalue weighted by Crippen LogP contribution is -2.32. The molecule has 0 saturated heterocycles. The first kappa shape index (κ1) is 37.1. The van der Waals surface area contributed by atoms with Crippen molar-refractivity contribution in [3.05, 3.63) is 173 Å². The van der Waals surface area contributed by atoms with Crippen molar-refractivity contribution >= 4 is 17.4 Å². The van der Waals surface area contributed by atoms with E-state index in [4.69, 9.17) is 14.2 Å². The van der Waals surface area contributed by atoms with E-state index in [2.05, 4.69) is 18.0 Å². The van der Waals surface area contributed by atoms with Crippen molar-refractivity contribution in [3.8, 4) is 11.5 Å². The molecule has 1 fully saturated rings. The second kappa shape index (κ2) is 18.2. The minimum absolute atomic E-state index is 0.0133. The van der Waals surface area contributed by atoms with Crippen LogP contribution in [-0.2, 0) is 35.8 Å². The minimum Gasteiger partial charge on any atom is -0.488 e. The highest BCUT2D eigenvalue weighted by molar-refractivity contribution is 5.98. The molecule has 1 N–H and O–H groups in total. The first-order valence-electron chi connectivity index (χ1n) is 18.3. The molecule has 53 heavy (non-hydrogen) atoms. The summed E-state index contributed by atoms with van der Waals surface area (Å²) in [7, 11) is 1.79. The molecule has 0 radical (unpaired) electrons. The smallest absolute Gasteiger partial charge is 0.328 e. The van der Waals surface area contributed by atoms with Crippen molar-refractivity contribution in [1.29, 1.82) is 0 Å². The predicted molar refractivity (Wildman–Crippen MR) is 209 cm³/mol. The van der Waals surface area contributed by atoms with Crippen LogP contribution in [0.4, 0.5) is 0 Å². The van der Waals surface area contributed by atoms with Gasteiger partial charge in [0.15, 0.2) is 0 Å². The molecule has 1 saturated carbocycles. The number of carbonyl (C=O) groups is 2. The van der Waals surface area contributed by atoms with Gasteiger partial charge in [-0.2, -0.15) is 0 Å². The Balaban J connectivity index is 1.19. The lowest BCUT2D eigenvalue weighted by Gasteiger charge is -2.22. The van der Waals surface area contributed by atoms with Crippen LogP contribution in [-0.4, -0.2) is 29.9 Å². The number of nitrogens with one attached hydrogen (secondary N) is 1. The van der Waals surface area contributed by atoms with Crippen molar-refractivity contribution in [2.45, 2.75) is 71.1 Å². The average Bonchev–Trinajstić information content (AvgIpc) is 3.70. The maximum absolute atomic E-state index is 14.2. The summed E-state index contributed by atoms with van der Waals surface area (Å²) in [5, 5.41) is 3.44. The van der Waals surface area contributed by atoms with E-state index >= 15 is 0 Å². The molecule has 0 unspecified atom stereocenters. The van der Waals surface area contributed by atoms with Crippen LogP contribution in [0.25, 0.3) is 5.57 Å². The van der Waals surface area contributed by atoms with Crippen molar-refractivity contribution in [2.75, 3.05) is 7.05 Å². The van der Waals surface area contributed by atoms with Crippen LogP contribution in [0.1, 0.15) is 82.4 Å². The van der Waals surface area contributed by atoms with E-state index in [0.717, 1.165) is 64.6 Å². The van der Waals surface area contributed by atoms with E-state index in [9.17, 15) is 9.59 Å². The molecule has 7 nitrogen and oxygen atoms in total. The zero-order chi connectivity index (χ0) is 37.0. The third kappa shape index (κ3) is 10.2. The summed E-state index contributed by atoms with van der Waals surface area (Å²) in [6.45, 7) is 7.58. The monoisotopic (exact) mass is 708 g/mol. The van der Waals surface area contributed by atoms with Gasteiger partial charge in [0.1, 0.15) is 36.9 Å². The standard InChI is InChI=1S/C46H48N2O5/c1-33(2)40-27-41(43(52-32-35-18-9-5-10-19-35)28-42(40)51-31-34-16-7-4-8-17-34)45(49)48(3)30-37-21-15-20-36(26-37)29-47-44(38-22-11-6-12-23-38)46(50)53-39-24-13-14-25-39/h4-12,15-23,26-28,39,44,47H,1,13-14,24-25,29-32H2,2-3H3/t44-/m0/s1. The molecule has 1 aliphatic carbocycles. The molecular weight excluding hydrogens is 661 g/mol. The minimum atomic E-state index is -0.582. The maximum atomic E-state index is 14.2. The van der Waals surface area contributed by atoms with Gasteiger partial charge in [-0.25, -0.2) is 4.79 Å². The fourth-order valence-corrected chi connectivity index (χ4v) is 6.60. The Labute approximate surface area is 313 Å². The summed E-state index contributed by atoms with van der Waals surface area (Å²) < 4.78 is 18.5. The van der Waals surface area contributed by atoms with Gasteiger partial charge in [-0.15, -0.1) is 0 Å². The van der Waals surface area contributed by atoms with Crippen LogP contribution in [0.3, 0.4) is 0 Å². The molecule has 1 aliphatic rings. The Bertz CT molecular complexity index is 1970. The first-order chi connectivity index (χ1) is 25.8. The number of amides is 1. The molecule has 1 atom stereocenters. The number of hydrogen-bond acceptors (Lipinski definition) is 6. The Hall–Kier alpha value is -5.66. The van der Waals surface area contributed by atoms with Crippen LogP contribution in [0, 0.1) is 0 Å². The Kier molecular flexibility index (Phi) is 12.7. The van der Waals surface area contributed by atoms with Gasteiger partial charge in [0.05, 0.1) is 5.56 Å². The Morgan fingerprint density at radius 3 is 1.87 bits per heavy atom. The van der Waals surface area contributed by atoms with E-state index in [1.54, 1.807) is 11.9 Å². The highest BCUT2D eigenvalue weighted by atomic mass is 16.5. The SMILES string of the molecule is C=C(C)c1cc(C(=O)N(C)Cc2cccc(CN[C@H](C(=O)OC3CCCC3)c3ccccc3)c2)c(OCc2ccccc2)cc1OCc1ccccc1. The molecule has 6 rings (SSSR count). The van der Waals surface area contributed by atoms with Crippen molar-refractivity contribution in [1.82, 2.24) is 10.2 Å². The van der Waals surface area contributed by atoms with Gasteiger partial charge in [-0.1, -0.05) is 122 Å². The molecule has 0 spiro atoms. The molecule has 272 valence electrons. The number of benzene rings is 5. The summed E-state index contributed by atoms with van der Waals surface area (Å²) in [4.78, 5) is 29.3. The van der Waals surface area contributed by atoms with Crippen molar-refractivity contribution in [3.63, 3.8) is 0 Å². The number of ether oxygens (including phenoxy) is 3. The molecule has 5 aromatic carbocycles. The molecule has 1 amide bonds. The summed E-state index contributed by atoms with van der Waals surface area (Å²) in [5.74, 6) is 0.603. The number of allylic oxidation sites excluding steroid dienone is 1. The van der Waals surface area contributed by atoms with E-state index in [1.165, 1.54) is 0 Å². The van der Waals surface area contributed by atoms with Crippen LogP contribution >= 0.6 is 0 Å². The van der Waals surface area contributed by atoms with E-state index < -0.39 is 6.04 Å². The molecule has 0 aliphatic heterocycles. The molecule has 7 heteroatoms. The van der Waals surface area contributed by atoms with Gasteiger partial charge in [-0.3, -0.25) is 10.1 Å². The predicted octanol–water partition coefficient (Wildman–Crippen LogP) is 9.47. The van der Waals surface area contributed by atoms with E-state index in [-0.39, 0.29) is 18.0 Å². The second-order valence-electron chi connectivity index (χ2n) is 13.7. The molecule has 5 aromatic rings. The van der Waals surface area contributed by atoms with Gasteiger partial charge in [-0.05, 0) is 72.1 Å². The van der Waals surface area contributed by atoms with Crippen LogP contribution < -0.4 is 14.8 Å². The van der Waals surface area contributed by atoms with Crippen LogP contribution in [0.5, 0.6) is 11.5 Å². The fourth-order valence-electron chi connectivity index (χ4n) is 6.60. The Morgan fingerprint density at radius 2 is 1.26 bits per heavy atom. The van der Waals surface area contributed by atoms with Gasteiger partial charge < -0.3 is 19.1 Å². The molecule has 0 bridgehead atoms. The lowest BCUT2D eigenvalue weighted by molar-refractivity contribution is -0.151. The number of rotatable bonds is 16. The third-order valence-electron chi connectivity index (χ3n) is 9.47. The fraction of sp³-hybridized carbons (Fsp3) is 0.261. The summed E-state index contributed by atoms with van der Waals surface area (Å²) in [6.07, 6.45) is 4.01. The normalized spacial score (nSPS) is 13.2. The highest BCUT2D eigenvalue weighted by Gasteiger charge is 2.27. The van der Waals surface area contributed by atoms with E-state index in [0.29, 0.717) is 43.4 Å².